The predicted molar refractivity (Wildman–Crippen MR) is 83.0 cm³/mol. The number of benzene rings is 1. The Labute approximate surface area is 137 Å². The summed E-state index contributed by atoms with van der Waals surface area (Å²) in [5, 5.41) is 10.9. The second-order valence-corrected chi connectivity index (χ2v) is 5.65. The Bertz CT molecular complexity index is 663. The highest BCUT2D eigenvalue weighted by Crippen LogP contribution is 2.31. The second kappa shape index (κ2) is 7.18. The average molecular weight is 343 g/mol. The van der Waals surface area contributed by atoms with Crippen LogP contribution in [0.1, 0.15) is 12.5 Å². The largest absolute Gasteiger partial charge is 0.379 e. The van der Waals surface area contributed by atoms with E-state index < -0.39 is 28.3 Å². The van der Waals surface area contributed by atoms with Gasteiger partial charge in [0.05, 0.1) is 29.9 Å². The highest BCUT2D eigenvalue weighted by molar-refractivity contribution is 5.97. The molecule has 0 bridgehead atoms. The van der Waals surface area contributed by atoms with Crippen molar-refractivity contribution in [1.29, 1.82) is 0 Å². The Hall–Kier alpha value is -2.13. The maximum atomic E-state index is 13.9. The van der Waals surface area contributed by atoms with E-state index >= 15 is 0 Å². The van der Waals surface area contributed by atoms with Crippen LogP contribution in [0.5, 0.6) is 0 Å². The fourth-order valence-corrected chi connectivity index (χ4v) is 2.69. The molecule has 1 saturated heterocycles. The minimum absolute atomic E-state index is 0.0225. The van der Waals surface area contributed by atoms with Gasteiger partial charge in [0.15, 0.2) is 5.82 Å². The second-order valence-electron chi connectivity index (χ2n) is 5.65. The van der Waals surface area contributed by atoms with E-state index in [4.69, 9.17) is 4.74 Å². The summed E-state index contributed by atoms with van der Waals surface area (Å²) in [6, 6.07) is 0.378. The molecule has 1 aliphatic heterocycles. The standard InChI is InChI=1S/C15H19F2N3O4/c1-9-11(8-12(20(22)23)14(17)13(9)16)18(3)15(21)10(2)19-4-6-24-7-5-19/h8,10H,4-7H2,1-3H3. The van der Waals surface area contributed by atoms with Crippen molar-refractivity contribution < 1.29 is 23.2 Å². The molecule has 1 fully saturated rings. The number of hydrogen-bond acceptors (Lipinski definition) is 5. The Morgan fingerprint density at radius 2 is 1.96 bits per heavy atom. The van der Waals surface area contributed by atoms with Crippen LogP contribution in [0.25, 0.3) is 0 Å². The molecule has 1 unspecified atom stereocenters. The number of halogens is 2. The number of likely N-dealkylation sites (N-methyl/N-ethyl adjacent to an activating group) is 1. The topological polar surface area (TPSA) is 75.9 Å². The van der Waals surface area contributed by atoms with Crippen LogP contribution in [-0.2, 0) is 9.53 Å². The predicted octanol–water partition coefficient (Wildman–Crippen LogP) is 1.86. The normalized spacial score (nSPS) is 16.7. The van der Waals surface area contributed by atoms with E-state index in [-0.39, 0.29) is 17.2 Å². The highest BCUT2D eigenvalue weighted by Gasteiger charge is 2.30. The SMILES string of the molecule is Cc1c(N(C)C(=O)C(C)N2CCOCC2)cc([N+](=O)[O-])c(F)c1F. The van der Waals surface area contributed by atoms with Gasteiger partial charge in [-0.25, -0.2) is 4.39 Å². The number of anilines is 1. The molecule has 0 aromatic heterocycles. The molecular formula is C15H19F2N3O4. The summed E-state index contributed by atoms with van der Waals surface area (Å²) in [7, 11) is 1.39. The first kappa shape index (κ1) is 18.2. The van der Waals surface area contributed by atoms with Gasteiger partial charge in [-0.3, -0.25) is 19.8 Å². The van der Waals surface area contributed by atoms with Crippen molar-refractivity contribution >= 4 is 17.3 Å². The lowest BCUT2D eigenvalue weighted by molar-refractivity contribution is -0.387. The molecule has 7 nitrogen and oxygen atoms in total. The molecule has 0 radical (unpaired) electrons. The lowest BCUT2D eigenvalue weighted by atomic mass is 10.1. The van der Waals surface area contributed by atoms with Crippen LogP contribution in [0, 0.1) is 28.7 Å². The quantitative estimate of drug-likeness (QED) is 0.616. The monoisotopic (exact) mass is 343 g/mol. The minimum atomic E-state index is -1.52. The molecule has 132 valence electrons. The third-order valence-corrected chi connectivity index (χ3v) is 4.24. The minimum Gasteiger partial charge on any atom is -0.379 e. The maximum Gasteiger partial charge on any atom is 0.309 e. The molecule has 2 rings (SSSR count). The van der Waals surface area contributed by atoms with Gasteiger partial charge in [0.25, 0.3) is 0 Å². The lowest BCUT2D eigenvalue weighted by Gasteiger charge is -2.33. The number of nitrogens with zero attached hydrogens (tertiary/aromatic N) is 3. The van der Waals surface area contributed by atoms with Crippen LogP contribution in [0.4, 0.5) is 20.2 Å². The first-order valence-corrected chi connectivity index (χ1v) is 7.48. The van der Waals surface area contributed by atoms with Crippen LogP contribution in [0.15, 0.2) is 6.07 Å². The van der Waals surface area contributed by atoms with Crippen LogP contribution < -0.4 is 4.90 Å². The maximum absolute atomic E-state index is 13.9. The van der Waals surface area contributed by atoms with Crippen LogP contribution in [-0.4, -0.2) is 55.1 Å². The van der Waals surface area contributed by atoms with Crippen LogP contribution >= 0.6 is 0 Å². The third-order valence-electron chi connectivity index (χ3n) is 4.24. The zero-order valence-corrected chi connectivity index (χ0v) is 13.7. The van der Waals surface area contributed by atoms with Gasteiger partial charge >= 0.3 is 5.69 Å². The molecule has 1 heterocycles. The van der Waals surface area contributed by atoms with E-state index in [9.17, 15) is 23.7 Å². The zero-order chi connectivity index (χ0) is 18.0. The Morgan fingerprint density at radius 3 is 2.50 bits per heavy atom. The van der Waals surface area contributed by atoms with Crippen molar-refractivity contribution in [3.63, 3.8) is 0 Å². The van der Waals surface area contributed by atoms with Gasteiger partial charge < -0.3 is 9.64 Å². The molecule has 0 saturated carbocycles. The van der Waals surface area contributed by atoms with Gasteiger partial charge in [-0.15, -0.1) is 0 Å². The van der Waals surface area contributed by atoms with Crippen LogP contribution in [0.2, 0.25) is 0 Å². The molecule has 1 aromatic rings. The summed E-state index contributed by atoms with van der Waals surface area (Å²) >= 11 is 0. The Balaban J connectivity index is 2.32. The Kier molecular flexibility index (Phi) is 5.45. The van der Waals surface area contributed by atoms with E-state index in [0.29, 0.717) is 26.3 Å². The summed E-state index contributed by atoms with van der Waals surface area (Å²) in [4.78, 5) is 25.5. The first-order chi connectivity index (χ1) is 11.3. The van der Waals surface area contributed by atoms with Gasteiger partial charge in [0.2, 0.25) is 11.7 Å². The summed E-state index contributed by atoms with van der Waals surface area (Å²) in [5.41, 5.74) is -1.17. The van der Waals surface area contributed by atoms with E-state index in [1.54, 1.807) is 6.92 Å². The molecule has 1 aromatic carbocycles. The summed E-state index contributed by atoms with van der Waals surface area (Å²) in [6.07, 6.45) is 0. The average Bonchev–Trinajstić information content (AvgIpc) is 2.58. The summed E-state index contributed by atoms with van der Waals surface area (Å²) < 4.78 is 32.8. The van der Waals surface area contributed by atoms with Crippen molar-refractivity contribution in [2.45, 2.75) is 19.9 Å². The van der Waals surface area contributed by atoms with Gasteiger partial charge in [0, 0.05) is 31.8 Å². The highest BCUT2D eigenvalue weighted by atomic mass is 19.2. The summed E-state index contributed by atoms with van der Waals surface area (Å²) in [5.74, 6) is -3.21. The zero-order valence-electron chi connectivity index (χ0n) is 13.7. The molecule has 0 spiro atoms. The molecule has 0 N–H and O–H groups in total. The van der Waals surface area contributed by atoms with Crippen molar-refractivity contribution in [3.05, 3.63) is 33.4 Å². The third kappa shape index (κ3) is 3.36. The van der Waals surface area contributed by atoms with Crippen molar-refractivity contribution in [2.24, 2.45) is 0 Å². The molecular weight excluding hydrogens is 324 g/mol. The molecule has 9 heteroatoms. The van der Waals surface area contributed by atoms with Gasteiger partial charge in [0.1, 0.15) is 0 Å². The van der Waals surface area contributed by atoms with Gasteiger partial charge in [-0.2, -0.15) is 4.39 Å². The number of nitro benzene ring substituents is 1. The number of nitro groups is 1. The molecule has 1 aliphatic rings. The van der Waals surface area contributed by atoms with Crippen molar-refractivity contribution in [2.75, 3.05) is 38.3 Å². The van der Waals surface area contributed by atoms with E-state index in [1.165, 1.54) is 14.0 Å². The van der Waals surface area contributed by atoms with Gasteiger partial charge in [-0.1, -0.05) is 0 Å². The van der Waals surface area contributed by atoms with Gasteiger partial charge in [-0.05, 0) is 13.8 Å². The number of carbonyl (C=O) groups is 1. The van der Waals surface area contributed by atoms with E-state index in [1.807, 2.05) is 4.90 Å². The number of ether oxygens (including phenoxy) is 1. The van der Waals surface area contributed by atoms with Crippen LogP contribution in [0.3, 0.4) is 0 Å². The fourth-order valence-electron chi connectivity index (χ4n) is 2.69. The Morgan fingerprint density at radius 1 is 1.38 bits per heavy atom. The molecule has 24 heavy (non-hydrogen) atoms. The molecule has 1 amide bonds. The number of carbonyl (C=O) groups excluding carboxylic acids is 1. The smallest absolute Gasteiger partial charge is 0.309 e. The van der Waals surface area contributed by atoms with Crippen molar-refractivity contribution in [3.8, 4) is 0 Å². The number of morpholine rings is 1. The van der Waals surface area contributed by atoms with Crippen molar-refractivity contribution in [1.82, 2.24) is 4.90 Å². The summed E-state index contributed by atoms with van der Waals surface area (Å²) in [6.45, 7) is 5.16. The molecule has 1 atom stereocenters. The van der Waals surface area contributed by atoms with E-state index in [0.717, 1.165) is 11.0 Å². The lowest BCUT2D eigenvalue weighted by Crippen LogP contribution is -2.50. The number of amides is 1. The fraction of sp³-hybridized carbons (Fsp3) is 0.533. The number of rotatable bonds is 4. The van der Waals surface area contributed by atoms with E-state index in [2.05, 4.69) is 0 Å². The first-order valence-electron chi connectivity index (χ1n) is 7.48. The molecule has 0 aliphatic carbocycles. The number of hydrogen-bond donors (Lipinski definition) is 0.